The Bertz CT molecular complexity index is 1010. The molecule has 3 aromatic rings. The van der Waals surface area contributed by atoms with Gasteiger partial charge in [-0.1, -0.05) is 46.4 Å². The highest BCUT2D eigenvalue weighted by molar-refractivity contribution is 9.11. The third kappa shape index (κ3) is 9.07. The second-order valence-electron chi connectivity index (χ2n) is 5.00. The maximum atomic E-state index is 5.78. The quantitative estimate of drug-likeness (QED) is 0.257. The van der Waals surface area contributed by atoms with Crippen molar-refractivity contribution in [1.29, 1.82) is 0 Å². The van der Waals surface area contributed by atoms with Crippen molar-refractivity contribution >= 4 is 94.2 Å². The molecule has 0 aromatic carbocycles. The van der Waals surface area contributed by atoms with Crippen molar-refractivity contribution in [2.45, 2.75) is 0 Å². The topological polar surface area (TPSA) is 66.4 Å². The fraction of sp³-hybridized carbons (Fsp3) is 0.167. The van der Waals surface area contributed by atoms with Gasteiger partial charge in [-0.05, 0) is 47.8 Å². The molecule has 0 fully saturated rings. The molecule has 0 amide bonds. The van der Waals surface area contributed by atoms with Gasteiger partial charge in [-0.3, -0.25) is 0 Å². The van der Waals surface area contributed by atoms with Gasteiger partial charge in [0.05, 0.1) is 33.7 Å². The molecule has 3 rings (SSSR count). The van der Waals surface area contributed by atoms with Gasteiger partial charge in [-0.2, -0.15) is 0 Å². The summed E-state index contributed by atoms with van der Waals surface area (Å²) in [5.74, 6) is 1.70. The van der Waals surface area contributed by atoms with E-state index in [0.29, 0.717) is 51.1 Å². The summed E-state index contributed by atoms with van der Waals surface area (Å²) in [7, 11) is 4.63. The molecule has 3 heterocycles. The Balaban J connectivity index is 0.000000233. The lowest BCUT2D eigenvalue weighted by atomic mass is 10.4. The molecule has 6 nitrogen and oxygen atoms in total. The van der Waals surface area contributed by atoms with E-state index in [-0.39, 0.29) is 0 Å². The van der Waals surface area contributed by atoms with Gasteiger partial charge in [0.15, 0.2) is 5.75 Å². The molecular weight excluding hydrogens is 688 g/mol. The Morgan fingerprint density at radius 2 is 1.29 bits per heavy atom. The Kier molecular flexibility index (Phi) is 13.4. The molecule has 13 heteroatoms. The van der Waals surface area contributed by atoms with E-state index in [4.69, 9.17) is 60.6 Å². The molecule has 0 saturated carbocycles. The van der Waals surface area contributed by atoms with Gasteiger partial charge in [0.1, 0.15) is 45.4 Å². The van der Waals surface area contributed by atoms with Crippen LogP contribution in [-0.4, -0.2) is 36.3 Å². The minimum Gasteiger partial charge on any atom is -0.495 e. The van der Waals surface area contributed by atoms with E-state index in [0.717, 1.165) is 0 Å². The zero-order valence-corrected chi connectivity index (χ0v) is 23.9. The van der Waals surface area contributed by atoms with E-state index in [2.05, 4.69) is 62.7 Å². The molecule has 0 radical (unpaired) electrons. The van der Waals surface area contributed by atoms with Gasteiger partial charge < -0.3 is 14.2 Å². The molecule has 0 spiro atoms. The van der Waals surface area contributed by atoms with Crippen molar-refractivity contribution in [3.8, 4) is 17.2 Å². The van der Waals surface area contributed by atoms with Gasteiger partial charge in [0.25, 0.3) is 0 Å². The number of pyridine rings is 3. The van der Waals surface area contributed by atoms with Crippen LogP contribution in [0.5, 0.6) is 17.2 Å². The Hall–Kier alpha value is -0.550. The largest absolute Gasteiger partial charge is 0.495 e. The second-order valence-corrected chi connectivity index (χ2v) is 8.89. The molecule has 0 aliphatic rings. The van der Waals surface area contributed by atoms with E-state index in [9.17, 15) is 0 Å². The smallest absolute Gasteiger partial charge is 0.160 e. The zero-order valence-electron chi connectivity index (χ0n) is 16.1. The first-order valence-electron chi connectivity index (χ1n) is 7.88. The van der Waals surface area contributed by atoms with Crippen LogP contribution in [-0.2, 0) is 0 Å². The Labute approximate surface area is 224 Å². The van der Waals surface area contributed by atoms with Crippen molar-refractivity contribution < 1.29 is 14.2 Å². The van der Waals surface area contributed by atoms with Gasteiger partial charge in [0, 0.05) is 18.3 Å². The monoisotopic (exact) mass is 697 g/mol. The summed E-state index contributed by atoms with van der Waals surface area (Å²) in [4.78, 5) is 11.6. The highest BCUT2D eigenvalue weighted by Crippen LogP contribution is 2.36. The van der Waals surface area contributed by atoms with Crippen molar-refractivity contribution in [3.63, 3.8) is 0 Å². The number of nitrogens with zero attached hydrogens (tertiary/aromatic N) is 3. The Morgan fingerprint density at radius 1 is 0.710 bits per heavy atom. The van der Waals surface area contributed by atoms with Crippen LogP contribution in [0, 0.1) is 0 Å². The number of rotatable bonds is 3. The first-order valence-corrected chi connectivity index (χ1v) is 11.8. The van der Waals surface area contributed by atoms with Gasteiger partial charge in [-0.25, -0.2) is 15.0 Å². The summed E-state index contributed by atoms with van der Waals surface area (Å²) in [5, 5.41) is 1.82. The number of ether oxygens (including phenoxy) is 3. The maximum Gasteiger partial charge on any atom is 0.160 e. The van der Waals surface area contributed by atoms with Gasteiger partial charge >= 0.3 is 0 Å². The van der Waals surface area contributed by atoms with E-state index in [1.54, 1.807) is 32.5 Å². The van der Waals surface area contributed by atoms with Gasteiger partial charge in [0.2, 0.25) is 0 Å². The first kappa shape index (κ1) is 28.5. The molecule has 0 aliphatic heterocycles. The summed E-state index contributed by atoms with van der Waals surface area (Å²) in [5.41, 5.74) is 0. The first-order chi connectivity index (χ1) is 14.7. The Morgan fingerprint density at radius 3 is 1.77 bits per heavy atom. The minimum atomic E-state index is 0.389. The summed E-state index contributed by atoms with van der Waals surface area (Å²) < 4.78 is 16.6. The average Bonchev–Trinajstić information content (AvgIpc) is 2.76. The van der Waals surface area contributed by atoms with Crippen molar-refractivity contribution in [2.24, 2.45) is 0 Å². The number of halogens is 7. The predicted octanol–water partition coefficient (Wildman–Crippen LogP) is 8.17. The second kappa shape index (κ2) is 14.6. The fourth-order valence-corrected chi connectivity index (χ4v) is 3.50. The average molecular weight is 702 g/mol. The number of hydrogen-bond acceptors (Lipinski definition) is 6. The third-order valence-electron chi connectivity index (χ3n) is 3.13. The van der Waals surface area contributed by atoms with Crippen LogP contribution in [0.1, 0.15) is 0 Å². The van der Waals surface area contributed by atoms with Crippen LogP contribution in [0.2, 0.25) is 20.1 Å². The highest BCUT2D eigenvalue weighted by atomic mass is 79.9. The number of aromatic nitrogens is 3. The maximum absolute atomic E-state index is 5.78. The molecule has 0 atom stereocenters. The lowest BCUT2D eigenvalue weighted by molar-refractivity contribution is 0.414. The fourth-order valence-electron chi connectivity index (χ4n) is 1.73. The third-order valence-corrected chi connectivity index (χ3v) is 6.49. The summed E-state index contributed by atoms with van der Waals surface area (Å²) >= 11 is 32.4. The number of methoxy groups -OCH3 is 3. The standard InChI is InChI=1S/C6H4BrCl2NO.2C6H5BrClNO/c1-11-5-3(8)2-10-6(7)4(5)9;1-10-5-2-6(7)9-3-4(5)8;1-10-4-2-3-9-6(7)5(4)8/h2H,1H3;2*2-3H,1H3. The minimum absolute atomic E-state index is 0.389. The highest BCUT2D eigenvalue weighted by Gasteiger charge is 2.09. The number of hydrogen-bond donors (Lipinski definition) is 0. The molecule has 0 bridgehead atoms. The summed E-state index contributed by atoms with van der Waals surface area (Å²) in [6, 6.07) is 3.41. The van der Waals surface area contributed by atoms with E-state index >= 15 is 0 Å². The van der Waals surface area contributed by atoms with Crippen molar-refractivity contribution in [1.82, 2.24) is 15.0 Å². The molecule has 0 saturated heterocycles. The van der Waals surface area contributed by atoms with E-state index in [1.165, 1.54) is 19.5 Å². The van der Waals surface area contributed by atoms with Crippen LogP contribution < -0.4 is 14.2 Å². The predicted molar refractivity (Wildman–Crippen MR) is 136 cm³/mol. The lowest BCUT2D eigenvalue weighted by Crippen LogP contribution is -1.88. The lowest BCUT2D eigenvalue weighted by Gasteiger charge is -2.04. The van der Waals surface area contributed by atoms with E-state index < -0.39 is 0 Å². The van der Waals surface area contributed by atoms with E-state index in [1.807, 2.05) is 0 Å². The molecule has 3 aromatic heterocycles. The van der Waals surface area contributed by atoms with Crippen LogP contribution in [0.4, 0.5) is 0 Å². The molecule has 31 heavy (non-hydrogen) atoms. The van der Waals surface area contributed by atoms with Crippen LogP contribution in [0.25, 0.3) is 0 Å². The van der Waals surface area contributed by atoms with Crippen molar-refractivity contribution in [3.05, 3.63) is 64.6 Å². The molecule has 168 valence electrons. The summed E-state index contributed by atoms with van der Waals surface area (Å²) in [6.07, 6.45) is 4.62. The van der Waals surface area contributed by atoms with Crippen LogP contribution in [0.3, 0.4) is 0 Å². The SMILES string of the molecule is COc1c(Cl)cnc(Br)c1Cl.COc1cc(Br)ncc1Cl.COc1ccnc(Br)c1Cl. The normalized spacial score (nSPS) is 9.61. The van der Waals surface area contributed by atoms with Crippen LogP contribution in [0.15, 0.2) is 44.5 Å². The summed E-state index contributed by atoms with van der Waals surface area (Å²) in [6.45, 7) is 0. The van der Waals surface area contributed by atoms with Crippen LogP contribution >= 0.6 is 94.2 Å². The van der Waals surface area contributed by atoms with Gasteiger partial charge in [-0.15, -0.1) is 0 Å². The molecule has 0 N–H and O–H groups in total. The zero-order chi connectivity index (χ0) is 23.6. The van der Waals surface area contributed by atoms with Crippen molar-refractivity contribution in [2.75, 3.05) is 21.3 Å². The molecular formula is C18H14Br3Cl4N3O3. The molecule has 0 aliphatic carbocycles. The molecule has 0 unspecified atom stereocenters.